The van der Waals surface area contributed by atoms with Gasteiger partial charge in [0.2, 0.25) is 0 Å². The van der Waals surface area contributed by atoms with E-state index < -0.39 is 0 Å². The van der Waals surface area contributed by atoms with Crippen LogP contribution in [0, 0.1) is 6.92 Å². The zero-order valence-corrected chi connectivity index (χ0v) is 8.48. The minimum absolute atomic E-state index is 0.0579. The highest BCUT2D eigenvalue weighted by atomic mass is 35.5. The number of hydrogen-bond acceptors (Lipinski definition) is 2. The van der Waals surface area contributed by atoms with Gasteiger partial charge in [0.15, 0.2) is 5.78 Å². The fourth-order valence-corrected chi connectivity index (χ4v) is 1.68. The third-order valence-corrected chi connectivity index (χ3v) is 2.21. The zero-order chi connectivity index (χ0) is 10.0. The van der Waals surface area contributed by atoms with E-state index in [1.165, 1.54) is 0 Å². The Hall–Kier alpha value is -1.02. The summed E-state index contributed by atoms with van der Waals surface area (Å²) in [6.45, 7) is 3.65. The molecule has 3 heteroatoms. The summed E-state index contributed by atoms with van der Waals surface area (Å²) in [7, 11) is 0. The molecule has 1 rings (SSSR count). The third-order valence-electron chi connectivity index (χ3n) is 1.91. The minimum atomic E-state index is 0.0579. The van der Waals surface area contributed by atoms with Gasteiger partial charge in [0.25, 0.3) is 0 Å². The topological polar surface area (TPSA) is 43.1 Å². The van der Waals surface area contributed by atoms with Crippen molar-refractivity contribution < 1.29 is 4.79 Å². The fourth-order valence-electron chi connectivity index (χ4n) is 1.30. The molecule has 0 aliphatic carbocycles. The van der Waals surface area contributed by atoms with Crippen molar-refractivity contribution in [2.75, 3.05) is 5.73 Å². The third kappa shape index (κ3) is 2.01. The van der Waals surface area contributed by atoms with Gasteiger partial charge in [-0.15, -0.1) is 0 Å². The van der Waals surface area contributed by atoms with E-state index in [1.54, 1.807) is 12.1 Å². The van der Waals surface area contributed by atoms with Gasteiger partial charge in [-0.3, -0.25) is 4.79 Å². The molecule has 0 spiro atoms. The molecular weight excluding hydrogens is 186 g/mol. The maximum atomic E-state index is 11.4. The standard InChI is InChI=1S/C10H12ClNO/c1-3-9(13)10-6(2)4-7(12)5-8(10)11/h4-5H,3,12H2,1-2H3. The van der Waals surface area contributed by atoms with Gasteiger partial charge in [0, 0.05) is 17.7 Å². The molecule has 0 fully saturated rings. The van der Waals surface area contributed by atoms with E-state index in [9.17, 15) is 4.79 Å². The lowest BCUT2D eigenvalue weighted by molar-refractivity contribution is 0.0988. The van der Waals surface area contributed by atoms with E-state index in [2.05, 4.69) is 0 Å². The summed E-state index contributed by atoms with van der Waals surface area (Å²) >= 11 is 5.91. The Balaban J connectivity index is 3.28. The van der Waals surface area contributed by atoms with Crippen molar-refractivity contribution in [1.82, 2.24) is 0 Å². The number of hydrogen-bond donors (Lipinski definition) is 1. The molecule has 13 heavy (non-hydrogen) atoms. The summed E-state index contributed by atoms with van der Waals surface area (Å²) in [6.07, 6.45) is 0.463. The molecule has 0 aliphatic rings. The van der Waals surface area contributed by atoms with Crippen LogP contribution in [-0.4, -0.2) is 5.78 Å². The normalized spacial score (nSPS) is 10.1. The predicted molar refractivity (Wildman–Crippen MR) is 55.2 cm³/mol. The van der Waals surface area contributed by atoms with Crippen molar-refractivity contribution in [3.63, 3.8) is 0 Å². The van der Waals surface area contributed by atoms with Crippen LogP contribution >= 0.6 is 11.6 Å². The molecule has 0 amide bonds. The lowest BCUT2D eigenvalue weighted by Gasteiger charge is -2.06. The second kappa shape index (κ2) is 3.79. The molecule has 1 aromatic carbocycles. The van der Waals surface area contributed by atoms with Crippen LogP contribution in [0.15, 0.2) is 12.1 Å². The Morgan fingerprint density at radius 2 is 2.15 bits per heavy atom. The van der Waals surface area contributed by atoms with E-state index in [4.69, 9.17) is 17.3 Å². The molecule has 0 saturated heterocycles. The molecule has 70 valence electrons. The Bertz CT molecular complexity index is 324. The molecule has 2 N–H and O–H groups in total. The fraction of sp³-hybridized carbons (Fsp3) is 0.300. The van der Waals surface area contributed by atoms with Gasteiger partial charge < -0.3 is 5.73 Å². The summed E-state index contributed by atoms with van der Waals surface area (Å²) < 4.78 is 0. The van der Waals surface area contributed by atoms with Crippen LogP contribution < -0.4 is 5.73 Å². The van der Waals surface area contributed by atoms with Crippen LogP contribution in [0.2, 0.25) is 5.02 Å². The number of Topliss-reactive ketones (excluding diaryl/α,β-unsaturated/α-hetero) is 1. The number of anilines is 1. The van der Waals surface area contributed by atoms with Crippen LogP contribution in [0.1, 0.15) is 29.3 Å². The van der Waals surface area contributed by atoms with Gasteiger partial charge in [-0.2, -0.15) is 0 Å². The van der Waals surface area contributed by atoms with E-state index in [0.29, 0.717) is 22.7 Å². The van der Waals surface area contributed by atoms with E-state index in [0.717, 1.165) is 5.56 Å². The number of carbonyl (C=O) groups is 1. The number of nitrogens with two attached hydrogens (primary N) is 1. The first-order valence-corrected chi connectivity index (χ1v) is 4.53. The van der Waals surface area contributed by atoms with E-state index in [1.807, 2.05) is 13.8 Å². The Morgan fingerprint density at radius 3 is 2.62 bits per heavy atom. The Kier molecular flexibility index (Phi) is 2.94. The highest BCUT2D eigenvalue weighted by Gasteiger charge is 2.11. The quantitative estimate of drug-likeness (QED) is 0.585. The van der Waals surface area contributed by atoms with Crippen molar-refractivity contribution in [3.8, 4) is 0 Å². The van der Waals surface area contributed by atoms with Gasteiger partial charge in [0.05, 0.1) is 5.02 Å². The predicted octanol–water partition coefficient (Wildman–Crippen LogP) is 2.82. The van der Waals surface area contributed by atoms with Crippen molar-refractivity contribution in [3.05, 3.63) is 28.3 Å². The van der Waals surface area contributed by atoms with Gasteiger partial charge in [0.1, 0.15) is 0 Å². The monoisotopic (exact) mass is 197 g/mol. The highest BCUT2D eigenvalue weighted by molar-refractivity contribution is 6.34. The summed E-state index contributed by atoms with van der Waals surface area (Å²) in [5.41, 5.74) is 7.61. The number of carbonyl (C=O) groups excluding carboxylic acids is 1. The molecule has 0 heterocycles. The second-order valence-electron chi connectivity index (χ2n) is 2.97. The maximum Gasteiger partial charge on any atom is 0.164 e. The number of aryl methyl sites for hydroxylation is 1. The molecule has 0 aromatic heterocycles. The number of rotatable bonds is 2. The van der Waals surface area contributed by atoms with Crippen molar-refractivity contribution in [2.45, 2.75) is 20.3 Å². The average Bonchev–Trinajstić information content (AvgIpc) is 2.02. The Labute approximate surface area is 82.7 Å². The van der Waals surface area contributed by atoms with Crippen molar-refractivity contribution in [2.24, 2.45) is 0 Å². The van der Waals surface area contributed by atoms with Gasteiger partial charge in [-0.25, -0.2) is 0 Å². The van der Waals surface area contributed by atoms with E-state index in [-0.39, 0.29) is 5.78 Å². The molecule has 0 bridgehead atoms. The minimum Gasteiger partial charge on any atom is -0.399 e. The highest BCUT2D eigenvalue weighted by Crippen LogP contribution is 2.24. The zero-order valence-electron chi connectivity index (χ0n) is 7.73. The molecule has 1 aromatic rings. The van der Waals surface area contributed by atoms with Crippen molar-refractivity contribution >= 4 is 23.1 Å². The summed E-state index contributed by atoms with van der Waals surface area (Å²) in [4.78, 5) is 11.4. The van der Waals surface area contributed by atoms with Gasteiger partial charge in [-0.05, 0) is 24.6 Å². The average molecular weight is 198 g/mol. The molecule has 0 atom stereocenters. The summed E-state index contributed by atoms with van der Waals surface area (Å²) in [5, 5.41) is 0.448. The number of halogens is 1. The van der Waals surface area contributed by atoms with Crippen LogP contribution in [-0.2, 0) is 0 Å². The molecule has 0 unspecified atom stereocenters. The van der Waals surface area contributed by atoms with Crippen molar-refractivity contribution in [1.29, 1.82) is 0 Å². The lowest BCUT2D eigenvalue weighted by Crippen LogP contribution is -2.02. The Morgan fingerprint density at radius 1 is 1.54 bits per heavy atom. The largest absolute Gasteiger partial charge is 0.399 e. The lowest BCUT2D eigenvalue weighted by atomic mass is 10.0. The first-order chi connectivity index (χ1) is 6.06. The maximum absolute atomic E-state index is 11.4. The van der Waals surface area contributed by atoms with Crippen LogP contribution in [0.3, 0.4) is 0 Å². The molecular formula is C10H12ClNO. The van der Waals surface area contributed by atoms with Crippen LogP contribution in [0.5, 0.6) is 0 Å². The van der Waals surface area contributed by atoms with Gasteiger partial charge >= 0.3 is 0 Å². The van der Waals surface area contributed by atoms with Gasteiger partial charge in [-0.1, -0.05) is 18.5 Å². The molecule has 0 saturated carbocycles. The first kappa shape index (κ1) is 10.1. The number of nitrogen functional groups attached to an aromatic ring is 1. The summed E-state index contributed by atoms with van der Waals surface area (Å²) in [5.74, 6) is 0.0579. The molecule has 2 nitrogen and oxygen atoms in total. The number of benzene rings is 1. The second-order valence-corrected chi connectivity index (χ2v) is 3.38. The molecule has 0 aliphatic heterocycles. The van der Waals surface area contributed by atoms with E-state index >= 15 is 0 Å². The first-order valence-electron chi connectivity index (χ1n) is 4.15. The smallest absolute Gasteiger partial charge is 0.164 e. The number of ketones is 1. The van der Waals surface area contributed by atoms with Crippen LogP contribution in [0.25, 0.3) is 0 Å². The SMILES string of the molecule is CCC(=O)c1c(C)cc(N)cc1Cl. The molecule has 0 radical (unpaired) electrons. The van der Waals surface area contributed by atoms with Crippen LogP contribution in [0.4, 0.5) is 5.69 Å². The summed E-state index contributed by atoms with van der Waals surface area (Å²) in [6, 6.07) is 3.37.